The first-order chi connectivity index (χ1) is 9.45. The van der Waals surface area contributed by atoms with E-state index in [1.165, 1.54) is 6.20 Å². The Kier molecular flexibility index (Phi) is 7.50. The van der Waals surface area contributed by atoms with Crippen LogP contribution in [0.3, 0.4) is 0 Å². The van der Waals surface area contributed by atoms with Gasteiger partial charge in [-0.25, -0.2) is 4.79 Å². The maximum absolute atomic E-state index is 11.6. The van der Waals surface area contributed by atoms with E-state index in [0.717, 1.165) is 6.42 Å². The zero-order valence-corrected chi connectivity index (χ0v) is 14.2. The molecular weight excluding hydrogens is 270 g/mol. The molecule has 0 aliphatic carbocycles. The number of carbonyl (C=O) groups is 1. The van der Waals surface area contributed by atoms with E-state index >= 15 is 0 Å². The number of aliphatic hydroxyl groups is 1. The Labute approximate surface area is 128 Å². The lowest BCUT2D eigenvalue weighted by molar-refractivity contribution is -0.129. The summed E-state index contributed by atoms with van der Waals surface area (Å²) in [6, 6.07) is 0. The third-order valence-electron chi connectivity index (χ3n) is 2.24. The highest BCUT2D eigenvalue weighted by Gasteiger charge is 2.24. The molecule has 0 radical (unpaired) electrons. The summed E-state index contributed by atoms with van der Waals surface area (Å²) in [6.07, 6.45) is 4.22. The van der Waals surface area contributed by atoms with Gasteiger partial charge in [0.05, 0.1) is 0 Å². The van der Waals surface area contributed by atoms with E-state index < -0.39 is 23.4 Å². The SMILES string of the molecule is CC/C=C\C(=C/NC(=O)OC(C)(C)C)OC(O)C(C)(C)C. The summed E-state index contributed by atoms with van der Waals surface area (Å²) in [6.45, 7) is 12.9. The number of carbonyl (C=O) groups excluding carboxylic acids is 1. The molecule has 0 aromatic carbocycles. The lowest BCUT2D eigenvalue weighted by Gasteiger charge is -2.26. The van der Waals surface area contributed by atoms with E-state index in [2.05, 4.69) is 5.32 Å². The van der Waals surface area contributed by atoms with Crippen LogP contribution < -0.4 is 5.32 Å². The minimum Gasteiger partial charge on any atom is -0.463 e. The average molecular weight is 299 g/mol. The van der Waals surface area contributed by atoms with Gasteiger partial charge in [0.25, 0.3) is 0 Å². The smallest absolute Gasteiger partial charge is 0.411 e. The lowest BCUT2D eigenvalue weighted by Crippen LogP contribution is -2.31. The number of rotatable bonds is 5. The summed E-state index contributed by atoms with van der Waals surface area (Å²) in [5.41, 5.74) is -0.992. The molecule has 0 heterocycles. The zero-order valence-electron chi connectivity index (χ0n) is 14.2. The number of aliphatic hydroxyl groups excluding tert-OH is 1. The molecular formula is C16H29NO4. The predicted molar refractivity (Wildman–Crippen MR) is 83.4 cm³/mol. The normalized spacial score (nSPS) is 15.0. The Hall–Kier alpha value is -1.49. The highest BCUT2D eigenvalue weighted by Crippen LogP contribution is 2.22. The third kappa shape index (κ3) is 9.96. The third-order valence-corrected chi connectivity index (χ3v) is 2.24. The summed E-state index contributed by atoms with van der Waals surface area (Å²) in [4.78, 5) is 11.6. The quantitative estimate of drug-likeness (QED) is 0.461. The molecule has 1 amide bonds. The molecule has 0 fully saturated rings. The largest absolute Gasteiger partial charge is 0.463 e. The molecule has 2 N–H and O–H groups in total. The molecule has 0 aliphatic heterocycles. The van der Waals surface area contributed by atoms with E-state index in [0.29, 0.717) is 5.76 Å². The van der Waals surface area contributed by atoms with Gasteiger partial charge >= 0.3 is 6.09 Å². The number of alkyl carbamates (subject to hydrolysis) is 1. The van der Waals surface area contributed by atoms with Gasteiger partial charge in [-0.05, 0) is 33.3 Å². The zero-order chi connectivity index (χ0) is 16.7. The van der Waals surface area contributed by atoms with Gasteiger partial charge in [0.2, 0.25) is 6.29 Å². The summed E-state index contributed by atoms with van der Waals surface area (Å²) in [7, 11) is 0. The number of allylic oxidation sites excluding steroid dienone is 2. The van der Waals surface area contributed by atoms with Crippen molar-refractivity contribution in [2.24, 2.45) is 5.41 Å². The second-order valence-corrected chi connectivity index (χ2v) is 6.84. The first kappa shape index (κ1) is 19.5. The van der Waals surface area contributed by atoms with Crippen molar-refractivity contribution >= 4 is 6.09 Å². The van der Waals surface area contributed by atoms with Crippen LogP contribution in [0, 0.1) is 5.41 Å². The maximum atomic E-state index is 11.6. The van der Waals surface area contributed by atoms with Gasteiger partial charge in [0.15, 0.2) is 0 Å². The number of nitrogens with one attached hydrogen (secondary N) is 1. The topological polar surface area (TPSA) is 67.8 Å². The minimum absolute atomic E-state index is 0.366. The summed E-state index contributed by atoms with van der Waals surface area (Å²) in [5, 5.41) is 12.5. The Morgan fingerprint density at radius 2 is 1.81 bits per heavy atom. The molecule has 0 saturated carbocycles. The van der Waals surface area contributed by atoms with Gasteiger partial charge in [-0.3, -0.25) is 5.32 Å². The fourth-order valence-corrected chi connectivity index (χ4v) is 1.10. The second-order valence-electron chi connectivity index (χ2n) is 6.84. The molecule has 0 bridgehead atoms. The van der Waals surface area contributed by atoms with Crippen LogP contribution in [0.5, 0.6) is 0 Å². The van der Waals surface area contributed by atoms with Crippen molar-refractivity contribution in [3.63, 3.8) is 0 Å². The fourth-order valence-electron chi connectivity index (χ4n) is 1.10. The molecule has 0 spiro atoms. The lowest BCUT2D eigenvalue weighted by atomic mass is 9.96. The predicted octanol–water partition coefficient (Wildman–Crippen LogP) is 3.70. The molecule has 5 nitrogen and oxygen atoms in total. The van der Waals surface area contributed by atoms with Crippen molar-refractivity contribution in [1.29, 1.82) is 0 Å². The summed E-state index contributed by atoms with van der Waals surface area (Å²) in [5.74, 6) is 0.366. The van der Waals surface area contributed by atoms with Crippen molar-refractivity contribution < 1.29 is 19.4 Å². The van der Waals surface area contributed by atoms with Crippen molar-refractivity contribution in [3.05, 3.63) is 24.1 Å². The van der Waals surface area contributed by atoms with Gasteiger partial charge in [-0.1, -0.05) is 33.8 Å². The summed E-state index contributed by atoms with van der Waals surface area (Å²) < 4.78 is 10.6. The summed E-state index contributed by atoms with van der Waals surface area (Å²) >= 11 is 0. The van der Waals surface area contributed by atoms with Crippen molar-refractivity contribution in [2.45, 2.75) is 66.8 Å². The van der Waals surface area contributed by atoms with Crippen LogP contribution in [0.15, 0.2) is 24.1 Å². The van der Waals surface area contributed by atoms with Crippen LogP contribution >= 0.6 is 0 Å². The van der Waals surface area contributed by atoms with Crippen molar-refractivity contribution in [2.75, 3.05) is 0 Å². The van der Waals surface area contributed by atoms with Crippen LogP contribution in [-0.2, 0) is 9.47 Å². The van der Waals surface area contributed by atoms with Crippen LogP contribution in [0.25, 0.3) is 0 Å². The first-order valence-corrected chi connectivity index (χ1v) is 7.16. The molecule has 0 aromatic rings. The number of amides is 1. The number of hydrogen-bond acceptors (Lipinski definition) is 4. The van der Waals surface area contributed by atoms with Gasteiger partial charge in [0, 0.05) is 11.6 Å². The molecule has 0 rings (SSSR count). The van der Waals surface area contributed by atoms with E-state index in [9.17, 15) is 9.90 Å². The van der Waals surface area contributed by atoms with E-state index in [4.69, 9.17) is 9.47 Å². The minimum atomic E-state index is -0.981. The maximum Gasteiger partial charge on any atom is 0.411 e. The number of ether oxygens (including phenoxy) is 2. The molecule has 122 valence electrons. The van der Waals surface area contributed by atoms with Crippen LogP contribution in [0.4, 0.5) is 4.79 Å². The van der Waals surface area contributed by atoms with Gasteiger partial charge in [-0.15, -0.1) is 0 Å². The van der Waals surface area contributed by atoms with Crippen LogP contribution in [0.2, 0.25) is 0 Å². The average Bonchev–Trinajstić information content (AvgIpc) is 2.28. The second kappa shape index (κ2) is 8.08. The molecule has 1 atom stereocenters. The van der Waals surface area contributed by atoms with Crippen LogP contribution in [0.1, 0.15) is 54.9 Å². The Bertz CT molecular complexity index is 386. The van der Waals surface area contributed by atoms with E-state index in [-0.39, 0.29) is 0 Å². The van der Waals surface area contributed by atoms with E-state index in [1.807, 2.05) is 33.8 Å². The molecule has 0 aromatic heterocycles. The Morgan fingerprint density at radius 3 is 2.24 bits per heavy atom. The molecule has 21 heavy (non-hydrogen) atoms. The molecule has 5 heteroatoms. The van der Waals surface area contributed by atoms with Crippen LogP contribution in [-0.4, -0.2) is 23.1 Å². The molecule has 1 unspecified atom stereocenters. The first-order valence-electron chi connectivity index (χ1n) is 7.16. The Balaban J connectivity index is 4.79. The van der Waals surface area contributed by atoms with E-state index in [1.54, 1.807) is 26.8 Å². The van der Waals surface area contributed by atoms with Gasteiger partial charge < -0.3 is 14.6 Å². The number of hydrogen-bond donors (Lipinski definition) is 2. The van der Waals surface area contributed by atoms with Crippen molar-refractivity contribution in [1.82, 2.24) is 5.32 Å². The Morgan fingerprint density at radius 1 is 1.24 bits per heavy atom. The fraction of sp³-hybridized carbons (Fsp3) is 0.688. The standard InChI is InChI=1S/C16H29NO4/c1-8-9-10-12(20-13(18)15(2,3)4)11-17-14(19)21-16(5,6)7/h9-11,13,18H,8H2,1-7H3,(H,17,19)/b10-9-,12-11+. The van der Waals surface area contributed by atoms with Crippen molar-refractivity contribution in [3.8, 4) is 0 Å². The molecule has 0 saturated heterocycles. The monoisotopic (exact) mass is 299 g/mol. The van der Waals surface area contributed by atoms with Gasteiger partial charge in [-0.2, -0.15) is 0 Å². The van der Waals surface area contributed by atoms with Gasteiger partial charge in [0.1, 0.15) is 11.4 Å². The molecule has 0 aliphatic rings. The highest BCUT2D eigenvalue weighted by molar-refractivity contribution is 5.69. The highest BCUT2D eigenvalue weighted by atomic mass is 16.6.